The van der Waals surface area contributed by atoms with Crippen molar-refractivity contribution in [1.82, 2.24) is 0 Å². The van der Waals surface area contributed by atoms with E-state index in [1.165, 1.54) is 167 Å². The van der Waals surface area contributed by atoms with E-state index in [1.807, 2.05) is 0 Å². The Morgan fingerprint density at radius 3 is 0.795 bits per heavy atom. The first kappa shape index (κ1) is 43.9. The van der Waals surface area contributed by atoms with E-state index in [2.05, 4.69) is 13.8 Å². The maximum Gasteiger partial charge on any atom is 0.697 e. The Bertz CT molecular complexity index is 489. The molecule has 0 rings (SSSR count). The van der Waals surface area contributed by atoms with Crippen LogP contribution in [0.4, 0.5) is 0 Å². The third kappa shape index (κ3) is 40.0. The van der Waals surface area contributed by atoms with E-state index in [4.69, 9.17) is 18.5 Å². The fourth-order valence-corrected chi connectivity index (χ4v) is 6.27. The SMILES string of the molecule is CCCCCCCCCCCCCCCCOCCCO[P+](=O)OCCCOCCCCCCCCCCCCCCCC. The summed E-state index contributed by atoms with van der Waals surface area (Å²) in [7, 11) is -2.03. The average Bonchev–Trinajstić information content (AvgIpc) is 3.03. The van der Waals surface area contributed by atoms with Gasteiger partial charge in [0, 0.05) is 31.0 Å². The second-order valence-electron chi connectivity index (χ2n) is 13.0. The standard InChI is InChI=1S/C38H78O5P/c1-3-5-7-9-11-13-15-17-19-21-23-25-27-29-33-40-35-31-37-42-44(39)43-38-32-36-41-34-30-28-26-24-22-20-18-16-14-12-10-8-6-4-2/h3-38H2,1-2H3/q+1. The smallest absolute Gasteiger partial charge is 0.381 e. The lowest BCUT2D eigenvalue weighted by Crippen LogP contribution is -2.02. The van der Waals surface area contributed by atoms with E-state index in [-0.39, 0.29) is 0 Å². The normalized spacial score (nSPS) is 11.5. The molecule has 6 heteroatoms. The molecule has 0 spiro atoms. The number of hydrogen-bond acceptors (Lipinski definition) is 5. The first-order valence-corrected chi connectivity index (χ1v) is 20.8. The van der Waals surface area contributed by atoms with E-state index >= 15 is 0 Å². The molecule has 0 aromatic rings. The Labute approximate surface area is 277 Å². The Hall–Kier alpha value is -0.0600. The number of hydrogen-bond donors (Lipinski definition) is 0. The molecule has 0 N–H and O–H groups in total. The van der Waals surface area contributed by atoms with E-state index in [0.29, 0.717) is 26.4 Å². The molecule has 44 heavy (non-hydrogen) atoms. The van der Waals surface area contributed by atoms with Crippen LogP contribution in [0.15, 0.2) is 0 Å². The van der Waals surface area contributed by atoms with Crippen molar-refractivity contribution < 1.29 is 23.1 Å². The number of ether oxygens (including phenoxy) is 2. The first-order valence-electron chi connectivity index (χ1n) is 19.7. The van der Waals surface area contributed by atoms with Gasteiger partial charge in [-0.1, -0.05) is 181 Å². The van der Waals surface area contributed by atoms with Gasteiger partial charge < -0.3 is 9.47 Å². The molecule has 0 heterocycles. The van der Waals surface area contributed by atoms with Crippen LogP contribution in [0.2, 0.25) is 0 Å². The highest BCUT2D eigenvalue weighted by Gasteiger charge is 2.19. The summed E-state index contributed by atoms with van der Waals surface area (Å²) in [4.78, 5) is 0. The summed E-state index contributed by atoms with van der Waals surface area (Å²) in [6.45, 7) is 8.37. The second-order valence-corrected chi connectivity index (χ2v) is 14.0. The van der Waals surface area contributed by atoms with Gasteiger partial charge in [-0.05, 0) is 25.7 Å². The number of rotatable bonds is 40. The van der Waals surface area contributed by atoms with Crippen molar-refractivity contribution >= 4 is 8.25 Å². The number of unbranched alkanes of at least 4 members (excludes halogenated alkanes) is 26. The third-order valence-corrected chi connectivity index (χ3v) is 9.33. The van der Waals surface area contributed by atoms with Crippen molar-refractivity contribution in [3.05, 3.63) is 0 Å². The van der Waals surface area contributed by atoms with Crippen LogP contribution in [0.25, 0.3) is 0 Å². The van der Waals surface area contributed by atoms with E-state index < -0.39 is 8.25 Å². The zero-order chi connectivity index (χ0) is 31.9. The first-order chi connectivity index (χ1) is 21.8. The molecular weight excluding hydrogens is 567 g/mol. The van der Waals surface area contributed by atoms with Crippen LogP contribution in [0.1, 0.15) is 206 Å². The molecule has 264 valence electrons. The maximum atomic E-state index is 11.8. The second kappa shape index (κ2) is 41.0. The average molecular weight is 646 g/mol. The van der Waals surface area contributed by atoms with Crippen molar-refractivity contribution in [2.75, 3.05) is 39.6 Å². The van der Waals surface area contributed by atoms with Gasteiger partial charge in [0.15, 0.2) is 0 Å². The molecule has 0 saturated carbocycles. The highest BCUT2D eigenvalue weighted by atomic mass is 31.1. The predicted octanol–water partition coefficient (Wildman–Crippen LogP) is 13.5. The van der Waals surface area contributed by atoms with E-state index in [9.17, 15) is 4.57 Å². The van der Waals surface area contributed by atoms with Crippen molar-refractivity contribution in [2.24, 2.45) is 0 Å². The third-order valence-electron chi connectivity index (χ3n) is 8.54. The predicted molar refractivity (Wildman–Crippen MR) is 191 cm³/mol. The lowest BCUT2D eigenvalue weighted by molar-refractivity contribution is 0.106. The fraction of sp³-hybridized carbons (Fsp3) is 1.00. The minimum atomic E-state index is -2.03. The molecular formula is C38H78O5P+. The molecule has 0 bridgehead atoms. The Kier molecular flexibility index (Phi) is 40.9. The van der Waals surface area contributed by atoms with Crippen LogP contribution in [0.3, 0.4) is 0 Å². The van der Waals surface area contributed by atoms with Gasteiger partial charge in [-0.25, -0.2) is 0 Å². The summed E-state index contributed by atoms with van der Waals surface area (Å²) >= 11 is 0. The monoisotopic (exact) mass is 646 g/mol. The van der Waals surface area contributed by atoms with Crippen LogP contribution in [0.5, 0.6) is 0 Å². The molecule has 0 amide bonds. The van der Waals surface area contributed by atoms with Crippen LogP contribution in [0, 0.1) is 0 Å². The highest BCUT2D eigenvalue weighted by Crippen LogP contribution is 2.24. The van der Waals surface area contributed by atoms with Crippen LogP contribution >= 0.6 is 8.25 Å². The molecule has 0 aliphatic rings. The van der Waals surface area contributed by atoms with E-state index in [1.54, 1.807) is 0 Å². The topological polar surface area (TPSA) is 54.0 Å². The van der Waals surface area contributed by atoms with Gasteiger partial charge in [0.2, 0.25) is 0 Å². The van der Waals surface area contributed by atoms with Gasteiger partial charge in [-0.15, -0.1) is 9.05 Å². The van der Waals surface area contributed by atoms with Crippen molar-refractivity contribution in [1.29, 1.82) is 0 Å². The lowest BCUT2D eigenvalue weighted by atomic mass is 10.0. The molecule has 0 aliphatic heterocycles. The van der Waals surface area contributed by atoms with Gasteiger partial charge in [0.25, 0.3) is 0 Å². The van der Waals surface area contributed by atoms with Crippen molar-refractivity contribution in [2.45, 2.75) is 206 Å². The minimum absolute atomic E-state index is 0.420. The zero-order valence-electron chi connectivity index (χ0n) is 29.9. The summed E-state index contributed by atoms with van der Waals surface area (Å²) in [6.07, 6.45) is 40.0. The molecule has 0 aliphatic carbocycles. The van der Waals surface area contributed by atoms with E-state index in [0.717, 1.165) is 38.9 Å². The Balaban J connectivity index is 3.14. The quantitative estimate of drug-likeness (QED) is 0.0490. The largest absolute Gasteiger partial charge is 0.697 e. The van der Waals surface area contributed by atoms with Gasteiger partial charge in [-0.2, -0.15) is 0 Å². The maximum absolute atomic E-state index is 11.8. The lowest BCUT2D eigenvalue weighted by Gasteiger charge is -2.04. The van der Waals surface area contributed by atoms with Gasteiger partial charge in [0.05, 0.1) is 0 Å². The summed E-state index contributed by atoms with van der Waals surface area (Å²) in [5.41, 5.74) is 0. The minimum Gasteiger partial charge on any atom is -0.381 e. The van der Waals surface area contributed by atoms with Crippen LogP contribution in [-0.2, 0) is 23.1 Å². The van der Waals surface area contributed by atoms with Gasteiger partial charge in [-0.3, -0.25) is 0 Å². The highest BCUT2D eigenvalue weighted by molar-refractivity contribution is 7.33. The van der Waals surface area contributed by atoms with Crippen molar-refractivity contribution in [3.8, 4) is 0 Å². The molecule has 0 aromatic carbocycles. The molecule has 0 saturated heterocycles. The molecule has 0 radical (unpaired) electrons. The molecule has 0 unspecified atom stereocenters. The summed E-state index contributed by atoms with van der Waals surface area (Å²) < 4.78 is 33.8. The molecule has 0 atom stereocenters. The fourth-order valence-electron chi connectivity index (χ4n) is 5.64. The molecule has 0 aromatic heterocycles. The Morgan fingerprint density at radius 2 is 0.523 bits per heavy atom. The summed E-state index contributed by atoms with van der Waals surface area (Å²) in [5.74, 6) is 0. The summed E-state index contributed by atoms with van der Waals surface area (Å²) in [6, 6.07) is 0. The van der Waals surface area contributed by atoms with Crippen LogP contribution < -0.4 is 0 Å². The zero-order valence-corrected chi connectivity index (χ0v) is 30.8. The molecule has 0 fully saturated rings. The summed E-state index contributed by atoms with van der Waals surface area (Å²) in [5, 5.41) is 0. The van der Waals surface area contributed by atoms with Gasteiger partial charge >= 0.3 is 8.25 Å². The van der Waals surface area contributed by atoms with Gasteiger partial charge in [0.1, 0.15) is 13.2 Å². The Morgan fingerprint density at radius 1 is 0.295 bits per heavy atom. The molecule has 5 nitrogen and oxygen atoms in total. The van der Waals surface area contributed by atoms with Crippen LogP contribution in [-0.4, -0.2) is 39.6 Å². The van der Waals surface area contributed by atoms with Crippen molar-refractivity contribution in [3.63, 3.8) is 0 Å².